The van der Waals surface area contributed by atoms with E-state index in [4.69, 9.17) is 12.2 Å². The molecule has 1 saturated heterocycles. The Morgan fingerprint density at radius 3 is 2.76 bits per heavy atom. The molecule has 17 heavy (non-hydrogen) atoms. The first-order valence-electron chi connectivity index (χ1n) is 5.99. The second-order valence-corrected chi connectivity index (χ2v) is 4.52. The van der Waals surface area contributed by atoms with Crippen LogP contribution in [0.2, 0.25) is 0 Å². The number of piperazine rings is 1. The molecule has 2 rings (SSSR count). The number of nitrogens with zero attached hydrogens (tertiary/aromatic N) is 1. The summed E-state index contributed by atoms with van der Waals surface area (Å²) in [7, 11) is 0. The summed E-state index contributed by atoms with van der Waals surface area (Å²) in [5, 5.41) is 3.35. The van der Waals surface area contributed by atoms with Crippen molar-refractivity contribution >= 4 is 5.69 Å². The molecule has 1 heterocycles. The fraction of sp³-hybridized carbons (Fsp3) is 0.429. The quantitative estimate of drug-likeness (QED) is 0.586. The maximum Gasteiger partial charge on any atom is 0.0329 e. The Morgan fingerprint density at radius 2 is 2.12 bits per heavy atom. The zero-order chi connectivity index (χ0) is 12.3. The van der Waals surface area contributed by atoms with Gasteiger partial charge in [-0.3, -0.25) is 4.90 Å². The van der Waals surface area contributed by atoms with Gasteiger partial charge in [-0.15, -0.1) is 6.42 Å². The number of terminal acetylenes is 1. The molecule has 0 aromatic heterocycles. The van der Waals surface area contributed by atoms with Gasteiger partial charge >= 0.3 is 0 Å². The number of hydrogen-bond donors (Lipinski definition) is 2. The van der Waals surface area contributed by atoms with E-state index in [-0.39, 0.29) is 0 Å². The molecule has 90 valence electrons. The second-order valence-electron chi connectivity index (χ2n) is 4.52. The van der Waals surface area contributed by atoms with Crippen molar-refractivity contribution in [2.24, 2.45) is 0 Å². The average Bonchev–Trinajstić information content (AvgIpc) is 2.34. The molecule has 0 atom stereocenters. The number of nitrogen functional groups attached to an aromatic ring is 1. The summed E-state index contributed by atoms with van der Waals surface area (Å²) in [6.07, 6.45) is 5.49. The van der Waals surface area contributed by atoms with Crippen LogP contribution in [0.15, 0.2) is 12.1 Å². The van der Waals surface area contributed by atoms with Gasteiger partial charge in [-0.1, -0.05) is 5.92 Å². The van der Waals surface area contributed by atoms with Gasteiger partial charge in [0.25, 0.3) is 0 Å². The fourth-order valence-corrected chi connectivity index (χ4v) is 2.22. The Hall–Kier alpha value is -1.50. The van der Waals surface area contributed by atoms with Crippen LogP contribution < -0.4 is 11.1 Å². The molecule has 3 nitrogen and oxygen atoms in total. The predicted octanol–water partition coefficient (Wildman–Crippen LogP) is 0.964. The smallest absolute Gasteiger partial charge is 0.0329 e. The number of hydrogen-bond acceptors (Lipinski definition) is 3. The summed E-state index contributed by atoms with van der Waals surface area (Å²) in [5.41, 5.74) is 9.98. The van der Waals surface area contributed by atoms with Gasteiger partial charge in [0.2, 0.25) is 0 Å². The van der Waals surface area contributed by atoms with E-state index in [2.05, 4.69) is 23.1 Å². The summed E-state index contributed by atoms with van der Waals surface area (Å²) in [6.45, 7) is 7.30. The van der Waals surface area contributed by atoms with Gasteiger partial charge in [0.05, 0.1) is 0 Å². The summed E-state index contributed by atoms with van der Waals surface area (Å²) < 4.78 is 0. The minimum atomic E-state index is 0.758. The highest BCUT2D eigenvalue weighted by molar-refractivity contribution is 5.54. The zero-order valence-corrected chi connectivity index (χ0v) is 10.3. The minimum absolute atomic E-state index is 0.758. The van der Waals surface area contributed by atoms with Gasteiger partial charge in [0.15, 0.2) is 0 Å². The van der Waals surface area contributed by atoms with Crippen molar-refractivity contribution in [3.8, 4) is 12.3 Å². The van der Waals surface area contributed by atoms with Crippen LogP contribution in [-0.4, -0.2) is 31.1 Å². The highest BCUT2D eigenvalue weighted by Crippen LogP contribution is 2.19. The van der Waals surface area contributed by atoms with Crippen LogP contribution in [0.4, 0.5) is 5.69 Å². The van der Waals surface area contributed by atoms with Crippen molar-refractivity contribution in [1.82, 2.24) is 10.2 Å². The van der Waals surface area contributed by atoms with E-state index in [1.165, 1.54) is 11.1 Å². The summed E-state index contributed by atoms with van der Waals surface area (Å²) in [5.74, 6) is 2.70. The van der Waals surface area contributed by atoms with Gasteiger partial charge in [0.1, 0.15) is 0 Å². The van der Waals surface area contributed by atoms with E-state index in [1.54, 1.807) is 0 Å². The van der Waals surface area contributed by atoms with E-state index < -0.39 is 0 Å². The normalized spacial score (nSPS) is 16.7. The van der Waals surface area contributed by atoms with Gasteiger partial charge < -0.3 is 11.1 Å². The lowest BCUT2D eigenvalue weighted by Crippen LogP contribution is -2.43. The molecule has 0 aliphatic carbocycles. The molecule has 3 N–H and O–H groups in total. The first-order chi connectivity index (χ1) is 8.20. The number of anilines is 1. The summed E-state index contributed by atoms with van der Waals surface area (Å²) in [4.78, 5) is 2.43. The first-order valence-corrected chi connectivity index (χ1v) is 5.99. The third-order valence-electron chi connectivity index (χ3n) is 3.30. The molecule has 1 fully saturated rings. The van der Waals surface area contributed by atoms with Crippen LogP contribution in [0, 0.1) is 19.3 Å². The number of rotatable bonds is 2. The van der Waals surface area contributed by atoms with Gasteiger partial charge in [0, 0.05) is 44.0 Å². The van der Waals surface area contributed by atoms with Crippen molar-refractivity contribution in [1.29, 1.82) is 0 Å². The SMILES string of the molecule is C#Cc1cc(N)cc(CN2CCNCC2)c1C. The van der Waals surface area contributed by atoms with E-state index in [0.717, 1.165) is 44.0 Å². The molecule has 0 radical (unpaired) electrons. The predicted molar refractivity (Wildman–Crippen MR) is 71.7 cm³/mol. The third-order valence-corrected chi connectivity index (χ3v) is 3.30. The van der Waals surface area contributed by atoms with Crippen LogP contribution in [0.3, 0.4) is 0 Å². The van der Waals surface area contributed by atoms with Gasteiger partial charge in [-0.25, -0.2) is 0 Å². The Kier molecular flexibility index (Phi) is 3.68. The highest BCUT2D eigenvalue weighted by atomic mass is 15.2. The molecule has 0 saturated carbocycles. The van der Waals surface area contributed by atoms with Crippen LogP contribution >= 0.6 is 0 Å². The van der Waals surface area contributed by atoms with E-state index >= 15 is 0 Å². The van der Waals surface area contributed by atoms with Crippen LogP contribution in [0.1, 0.15) is 16.7 Å². The average molecular weight is 229 g/mol. The van der Waals surface area contributed by atoms with Crippen LogP contribution in [0.25, 0.3) is 0 Å². The Labute approximate surface area is 103 Å². The van der Waals surface area contributed by atoms with E-state index in [1.807, 2.05) is 12.1 Å². The van der Waals surface area contributed by atoms with Crippen molar-refractivity contribution in [3.63, 3.8) is 0 Å². The van der Waals surface area contributed by atoms with Crippen LogP contribution in [0.5, 0.6) is 0 Å². The Balaban J connectivity index is 2.20. The standard InChI is InChI=1S/C14H19N3/c1-3-12-8-14(15)9-13(11(12)2)10-17-6-4-16-5-7-17/h1,8-9,16H,4-7,10,15H2,2H3. The molecule has 3 heteroatoms. The van der Waals surface area contributed by atoms with Crippen LogP contribution in [-0.2, 0) is 6.54 Å². The topological polar surface area (TPSA) is 41.3 Å². The Bertz CT molecular complexity index is 440. The highest BCUT2D eigenvalue weighted by Gasteiger charge is 2.12. The second kappa shape index (κ2) is 5.22. The molecule has 1 aliphatic heterocycles. The maximum atomic E-state index is 5.88. The lowest BCUT2D eigenvalue weighted by Gasteiger charge is -2.28. The lowest BCUT2D eigenvalue weighted by molar-refractivity contribution is 0.233. The largest absolute Gasteiger partial charge is 0.399 e. The molecule has 0 amide bonds. The minimum Gasteiger partial charge on any atom is -0.399 e. The summed E-state index contributed by atoms with van der Waals surface area (Å²) in [6, 6.07) is 3.91. The van der Waals surface area contributed by atoms with Crippen molar-refractivity contribution in [3.05, 3.63) is 28.8 Å². The fourth-order valence-electron chi connectivity index (χ4n) is 2.22. The number of nitrogens with one attached hydrogen (secondary N) is 1. The maximum absolute atomic E-state index is 5.88. The molecule has 0 unspecified atom stereocenters. The van der Waals surface area contributed by atoms with Crippen molar-refractivity contribution < 1.29 is 0 Å². The summed E-state index contributed by atoms with van der Waals surface area (Å²) >= 11 is 0. The molecular weight excluding hydrogens is 210 g/mol. The molecule has 1 aromatic carbocycles. The molecule has 0 spiro atoms. The lowest BCUT2D eigenvalue weighted by atomic mass is 10.0. The van der Waals surface area contributed by atoms with E-state index in [0.29, 0.717) is 0 Å². The monoisotopic (exact) mass is 229 g/mol. The van der Waals surface area contributed by atoms with Crippen molar-refractivity contribution in [2.75, 3.05) is 31.9 Å². The number of nitrogens with two attached hydrogens (primary N) is 1. The molecule has 1 aliphatic rings. The molecular formula is C14H19N3. The van der Waals surface area contributed by atoms with Gasteiger partial charge in [-0.05, 0) is 30.2 Å². The van der Waals surface area contributed by atoms with E-state index in [9.17, 15) is 0 Å². The van der Waals surface area contributed by atoms with Gasteiger partial charge in [-0.2, -0.15) is 0 Å². The molecule has 0 bridgehead atoms. The first kappa shape index (κ1) is 12.0. The Morgan fingerprint density at radius 1 is 1.41 bits per heavy atom. The zero-order valence-electron chi connectivity index (χ0n) is 10.3. The van der Waals surface area contributed by atoms with Crippen molar-refractivity contribution in [2.45, 2.75) is 13.5 Å². The third kappa shape index (κ3) is 2.79. The number of benzene rings is 1. The molecule has 1 aromatic rings.